The standard InChI is InChI=1S/C21H17N5O5/c1-11-4-3-5-12(2)17(11)24-18(27)13-6-7-16-15(8-13)19(28)25-20(23-16)26-10-14(9-22-26)31-21(29)30/h3-10H,1-2H3,(H,24,27)(H,29,30)(H,23,25,28). The highest BCUT2D eigenvalue weighted by molar-refractivity contribution is 6.06. The molecule has 3 N–H and O–H groups in total. The number of nitrogens with zero attached hydrogens (tertiary/aromatic N) is 3. The van der Waals surface area contributed by atoms with Crippen molar-refractivity contribution in [2.45, 2.75) is 13.8 Å². The van der Waals surface area contributed by atoms with Crippen LogP contribution in [0.3, 0.4) is 0 Å². The maximum Gasteiger partial charge on any atom is 0.511 e. The molecule has 0 radical (unpaired) electrons. The smallest absolute Gasteiger partial charge is 0.449 e. The van der Waals surface area contributed by atoms with E-state index in [-0.39, 0.29) is 23.0 Å². The van der Waals surface area contributed by atoms with Gasteiger partial charge in [-0.1, -0.05) is 18.2 Å². The van der Waals surface area contributed by atoms with Gasteiger partial charge in [-0.25, -0.2) is 14.5 Å². The largest absolute Gasteiger partial charge is 0.511 e. The molecule has 0 unspecified atom stereocenters. The summed E-state index contributed by atoms with van der Waals surface area (Å²) in [5.41, 5.74) is 2.78. The van der Waals surface area contributed by atoms with Crippen molar-refractivity contribution in [2.75, 3.05) is 5.32 Å². The summed E-state index contributed by atoms with van der Waals surface area (Å²) in [4.78, 5) is 42.8. The lowest BCUT2D eigenvalue weighted by Crippen LogP contribution is -2.17. The second kappa shape index (κ2) is 7.75. The van der Waals surface area contributed by atoms with Gasteiger partial charge >= 0.3 is 6.16 Å². The summed E-state index contributed by atoms with van der Waals surface area (Å²) in [6.07, 6.45) is 0.968. The van der Waals surface area contributed by atoms with Crippen molar-refractivity contribution in [2.24, 2.45) is 0 Å². The van der Waals surface area contributed by atoms with Crippen LogP contribution in [-0.4, -0.2) is 36.9 Å². The molecule has 4 rings (SSSR count). The lowest BCUT2D eigenvalue weighted by molar-refractivity contribution is 0.102. The minimum Gasteiger partial charge on any atom is -0.449 e. The summed E-state index contributed by atoms with van der Waals surface area (Å²) >= 11 is 0. The van der Waals surface area contributed by atoms with Gasteiger partial charge in [-0.2, -0.15) is 5.10 Å². The number of carbonyl (C=O) groups is 2. The van der Waals surface area contributed by atoms with Gasteiger partial charge in [0.2, 0.25) is 5.95 Å². The van der Waals surface area contributed by atoms with Crippen LogP contribution < -0.4 is 15.6 Å². The Bertz CT molecular complexity index is 1370. The van der Waals surface area contributed by atoms with Crippen molar-refractivity contribution in [3.63, 3.8) is 0 Å². The predicted molar refractivity (Wildman–Crippen MR) is 112 cm³/mol. The Kier molecular flexibility index (Phi) is 4.96. The van der Waals surface area contributed by atoms with Crippen molar-refractivity contribution in [1.29, 1.82) is 0 Å². The van der Waals surface area contributed by atoms with Crippen molar-refractivity contribution in [3.05, 3.63) is 75.8 Å². The fraction of sp³-hybridized carbons (Fsp3) is 0.0952. The van der Waals surface area contributed by atoms with Gasteiger partial charge in [0.05, 0.1) is 23.3 Å². The molecule has 0 saturated heterocycles. The normalized spacial score (nSPS) is 10.8. The predicted octanol–water partition coefficient (Wildman–Crippen LogP) is 3.03. The maximum absolute atomic E-state index is 12.7. The molecule has 4 aromatic rings. The fourth-order valence-electron chi connectivity index (χ4n) is 3.15. The highest BCUT2D eigenvalue weighted by Gasteiger charge is 2.14. The first-order chi connectivity index (χ1) is 14.8. The van der Waals surface area contributed by atoms with Crippen molar-refractivity contribution in [3.8, 4) is 11.7 Å². The number of amides is 1. The van der Waals surface area contributed by atoms with Crippen LogP contribution in [0.2, 0.25) is 0 Å². The van der Waals surface area contributed by atoms with Gasteiger partial charge in [0.15, 0.2) is 5.75 Å². The number of benzene rings is 2. The minimum absolute atomic E-state index is 0.0197. The van der Waals surface area contributed by atoms with E-state index in [9.17, 15) is 14.4 Å². The first-order valence-electron chi connectivity index (χ1n) is 9.19. The van der Waals surface area contributed by atoms with Gasteiger partial charge in [-0.05, 0) is 43.2 Å². The Labute approximate surface area is 175 Å². The second-order valence-corrected chi connectivity index (χ2v) is 6.83. The number of fused-ring (bicyclic) bond motifs is 1. The topological polar surface area (TPSA) is 139 Å². The molecule has 1 amide bonds. The summed E-state index contributed by atoms with van der Waals surface area (Å²) < 4.78 is 5.69. The monoisotopic (exact) mass is 419 g/mol. The number of carboxylic acid groups (broad SMARTS) is 1. The highest BCUT2D eigenvalue weighted by Crippen LogP contribution is 2.21. The average molecular weight is 419 g/mol. The number of aromatic amines is 1. The lowest BCUT2D eigenvalue weighted by Gasteiger charge is -2.11. The first-order valence-corrected chi connectivity index (χ1v) is 9.19. The van der Waals surface area contributed by atoms with Gasteiger partial charge in [-0.15, -0.1) is 0 Å². The van der Waals surface area contributed by atoms with Gasteiger partial charge in [0, 0.05) is 11.3 Å². The van der Waals surface area contributed by atoms with Gasteiger partial charge in [0.1, 0.15) is 0 Å². The van der Waals surface area contributed by atoms with Gasteiger partial charge < -0.3 is 15.2 Å². The van der Waals surface area contributed by atoms with Crippen LogP contribution in [0, 0.1) is 13.8 Å². The second-order valence-electron chi connectivity index (χ2n) is 6.83. The highest BCUT2D eigenvalue weighted by atomic mass is 16.7. The first kappa shape index (κ1) is 19.8. The Balaban J connectivity index is 1.66. The molecule has 2 heterocycles. The summed E-state index contributed by atoms with van der Waals surface area (Å²) in [6.45, 7) is 3.81. The number of para-hydroxylation sites is 1. The van der Waals surface area contributed by atoms with E-state index in [0.29, 0.717) is 11.1 Å². The van der Waals surface area contributed by atoms with Crippen LogP contribution in [0.1, 0.15) is 21.5 Å². The third kappa shape index (κ3) is 3.99. The number of aromatic nitrogens is 4. The number of hydrogen-bond donors (Lipinski definition) is 3. The van der Waals surface area contributed by atoms with E-state index >= 15 is 0 Å². The number of anilines is 1. The minimum atomic E-state index is -1.48. The number of H-pyrrole nitrogens is 1. The number of aryl methyl sites for hydroxylation is 2. The molecule has 0 bridgehead atoms. The molecule has 2 aromatic heterocycles. The molecule has 0 aliphatic rings. The molecule has 0 spiro atoms. The molecule has 0 saturated carbocycles. The zero-order valence-corrected chi connectivity index (χ0v) is 16.5. The Morgan fingerprint density at radius 3 is 2.61 bits per heavy atom. The Morgan fingerprint density at radius 1 is 1.16 bits per heavy atom. The zero-order chi connectivity index (χ0) is 22.1. The SMILES string of the molecule is Cc1cccc(C)c1NC(=O)c1ccc2nc(-n3cc(OC(=O)O)cn3)[nH]c(=O)c2c1. The van der Waals surface area contributed by atoms with E-state index in [2.05, 4.69) is 25.1 Å². The molecule has 31 heavy (non-hydrogen) atoms. The van der Waals surface area contributed by atoms with Gasteiger partial charge in [-0.3, -0.25) is 14.6 Å². The number of rotatable bonds is 4. The Hall–Kier alpha value is -4.47. The molecule has 10 nitrogen and oxygen atoms in total. The molecule has 0 atom stereocenters. The van der Waals surface area contributed by atoms with Crippen LogP contribution in [0.5, 0.6) is 5.75 Å². The summed E-state index contributed by atoms with van der Waals surface area (Å²) in [6, 6.07) is 10.3. The van der Waals surface area contributed by atoms with E-state index in [0.717, 1.165) is 16.8 Å². The van der Waals surface area contributed by atoms with E-state index in [4.69, 9.17) is 5.11 Å². The van der Waals surface area contributed by atoms with Crippen molar-refractivity contribution >= 4 is 28.7 Å². The number of carbonyl (C=O) groups excluding carboxylic acids is 1. The van der Waals surface area contributed by atoms with E-state index in [1.165, 1.54) is 23.1 Å². The summed E-state index contributed by atoms with van der Waals surface area (Å²) in [5.74, 6) is -0.287. The third-order valence-corrected chi connectivity index (χ3v) is 4.66. The maximum atomic E-state index is 12.7. The average Bonchev–Trinajstić information content (AvgIpc) is 3.18. The number of ether oxygens (including phenoxy) is 1. The lowest BCUT2D eigenvalue weighted by atomic mass is 10.1. The molecule has 156 valence electrons. The van der Waals surface area contributed by atoms with E-state index < -0.39 is 11.7 Å². The number of hydrogen-bond acceptors (Lipinski definition) is 6. The molecule has 2 aromatic carbocycles. The quantitative estimate of drug-likeness (QED) is 0.432. The van der Waals surface area contributed by atoms with Crippen LogP contribution in [0.4, 0.5) is 10.5 Å². The molecule has 0 aliphatic heterocycles. The van der Waals surface area contributed by atoms with E-state index in [1.54, 1.807) is 12.1 Å². The summed E-state index contributed by atoms with van der Waals surface area (Å²) in [7, 11) is 0. The molecule has 10 heteroatoms. The van der Waals surface area contributed by atoms with Crippen LogP contribution >= 0.6 is 0 Å². The summed E-state index contributed by atoms with van der Waals surface area (Å²) in [5, 5.41) is 15.7. The molecule has 0 aliphatic carbocycles. The van der Waals surface area contributed by atoms with Gasteiger partial charge in [0.25, 0.3) is 11.5 Å². The number of nitrogens with one attached hydrogen (secondary N) is 2. The van der Waals surface area contributed by atoms with Crippen molar-refractivity contribution < 1.29 is 19.4 Å². The third-order valence-electron chi connectivity index (χ3n) is 4.66. The fourth-order valence-corrected chi connectivity index (χ4v) is 3.15. The molecule has 0 fully saturated rings. The molecular formula is C21H17N5O5. The van der Waals surface area contributed by atoms with Crippen LogP contribution in [-0.2, 0) is 0 Å². The van der Waals surface area contributed by atoms with Crippen LogP contribution in [0.15, 0.2) is 53.6 Å². The zero-order valence-electron chi connectivity index (χ0n) is 16.5. The Morgan fingerprint density at radius 2 is 1.90 bits per heavy atom. The van der Waals surface area contributed by atoms with Crippen LogP contribution in [0.25, 0.3) is 16.9 Å². The van der Waals surface area contributed by atoms with E-state index in [1.807, 2.05) is 32.0 Å². The molecular weight excluding hydrogens is 402 g/mol. The van der Waals surface area contributed by atoms with Crippen molar-refractivity contribution in [1.82, 2.24) is 19.7 Å².